The average Bonchev–Trinajstić information content (AvgIpc) is 3.91. The first-order valence-corrected chi connectivity index (χ1v) is 24.5. The third-order valence-electron chi connectivity index (χ3n) is 10.2. The number of hydrogen-bond acceptors (Lipinski definition) is 6. The molecule has 3 aliphatic heterocycles. The second-order valence-corrected chi connectivity index (χ2v) is 19.4. The summed E-state index contributed by atoms with van der Waals surface area (Å²) in [4.78, 5) is 16.1. The maximum atomic E-state index is 11.3. The molecule has 3 N–H and O–H groups in total. The molecule has 0 fully saturated rings. The Labute approximate surface area is 397 Å². The van der Waals surface area contributed by atoms with Crippen molar-refractivity contribution < 1.29 is 14.3 Å². The van der Waals surface area contributed by atoms with Crippen molar-refractivity contribution in [3.05, 3.63) is 125 Å². The van der Waals surface area contributed by atoms with Crippen molar-refractivity contribution in [1.29, 1.82) is 0 Å². The summed E-state index contributed by atoms with van der Waals surface area (Å²) in [5, 5.41) is 9.40. The molecule has 1 amide bonds. The number of rotatable bonds is 0. The zero-order valence-electron chi connectivity index (χ0n) is 44.6. The zero-order valence-corrected chi connectivity index (χ0v) is 44.6. The van der Waals surface area contributed by atoms with Gasteiger partial charge >= 0.3 is 0 Å². The number of aryl methyl sites for hydroxylation is 1. The summed E-state index contributed by atoms with van der Waals surface area (Å²) in [5.41, 5.74) is 13.2. The highest BCUT2D eigenvalue weighted by Gasteiger charge is 2.25. The van der Waals surface area contributed by atoms with E-state index < -0.39 is 0 Å². The number of ether oxygens (including phenoxy) is 2. The summed E-state index contributed by atoms with van der Waals surface area (Å²) in [7, 11) is 0. The van der Waals surface area contributed by atoms with Gasteiger partial charge in [-0.05, 0) is 120 Å². The van der Waals surface area contributed by atoms with E-state index in [1.165, 1.54) is 57.6 Å². The molecule has 65 heavy (non-hydrogen) atoms. The van der Waals surface area contributed by atoms with Crippen molar-refractivity contribution in [3.63, 3.8) is 0 Å². The van der Waals surface area contributed by atoms with Crippen LogP contribution in [0.5, 0.6) is 11.5 Å². The molecule has 4 aromatic rings. The van der Waals surface area contributed by atoms with Crippen LogP contribution >= 0.6 is 0 Å². The van der Waals surface area contributed by atoms with Crippen molar-refractivity contribution in [1.82, 2.24) is 0 Å². The number of nitrogens with one attached hydrogen (secondary N) is 3. The van der Waals surface area contributed by atoms with Gasteiger partial charge in [0.2, 0.25) is 12.7 Å². The molecule has 360 valence electrons. The monoisotopic (exact) mass is 891 g/mol. The normalized spacial score (nSPS) is 14.5. The third kappa shape index (κ3) is 18.0. The zero-order chi connectivity index (χ0) is 49.8. The van der Waals surface area contributed by atoms with E-state index >= 15 is 0 Å². The molecule has 0 spiro atoms. The fourth-order valence-electron chi connectivity index (χ4n) is 7.37. The first-order valence-electron chi connectivity index (χ1n) is 24.5. The van der Waals surface area contributed by atoms with Crippen molar-refractivity contribution in [2.75, 3.05) is 22.7 Å². The molecule has 4 aromatic carbocycles. The van der Waals surface area contributed by atoms with Gasteiger partial charge in [0.25, 0.3) is 0 Å². The van der Waals surface area contributed by atoms with Gasteiger partial charge < -0.3 is 25.4 Å². The molecule has 3 heterocycles. The van der Waals surface area contributed by atoms with Crippen molar-refractivity contribution >= 4 is 28.7 Å². The lowest BCUT2D eigenvalue weighted by atomic mass is 9.81. The van der Waals surface area contributed by atoms with E-state index in [1.807, 2.05) is 73.6 Å². The van der Waals surface area contributed by atoms with Crippen LogP contribution in [0.3, 0.4) is 0 Å². The Bertz CT molecular complexity index is 2100. The molecule has 0 radical (unpaired) electrons. The minimum Gasteiger partial charge on any atom is -0.454 e. The van der Waals surface area contributed by atoms with Gasteiger partial charge in [-0.3, -0.25) is 9.79 Å². The summed E-state index contributed by atoms with van der Waals surface area (Å²) >= 11 is 0. The maximum absolute atomic E-state index is 11.3. The summed E-state index contributed by atoms with van der Waals surface area (Å²) in [6, 6.07) is 27.3. The molecule has 1 aliphatic carbocycles. The van der Waals surface area contributed by atoms with E-state index in [2.05, 4.69) is 166 Å². The first-order chi connectivity index (χ1) is 30.6. The van der Waals surface area contributed by atoms with Gasteiger partial charge in [-0.25, -0.2) is 0 Å². The molecule has 0 saturated carbocycles. The number of nitrogens with zero attached hydrogens (tertiary/aromatic N) is 1. The van der Waals surface area contributed by atoms with Crippen LogP contribution in [0.15, 0.2) is 96.3 Å². The Morgan fingerprint density at radius 3 is 1.71 bits per heavy atom. The SMILES string of the molecule is C=C1Nc2cccc(C(C)(C)C)c2N1.CC.CC.CC.CC.CC(C)(C)N=C1CCCc2ccccc21.CC(C)(C)c1ccc2c(c1)OCO2.CC(C)(C)c1cccc2c1CCC(=O)N2. The molecule has 0 atom stereocenters. The van der Waals surface area contributed by atoms with E-state index in [4.69, 9.17) is 14.5 Å². The summed E-state index contributed by atoms with van der Waals surface area (Å²) in [6.07, 6.45) is 5.06. The molecule has 0 aromatic heterocycles. The molecule has 0 bridgehead atoms. The Morgan fingerprint density at radius 1 is 0.554 bits per heavy atom. The highest BCUT2D eigenvalue weighted by Crippen LogP contribution is 2.40. The maximum Gasteiger partial charge on any atom is 0.231 e. The highest BCUT2D eigenvalue weighted by molar-refractivity contribution is 6.03. The van der Waals surface area contributed by atoms with Gasteiger partial charge in [0.15, 0.2) is 11.5 Å². The second kappa shape index (κ2) is 26.8. The summed E-state index contributed by atoms with van der Waals surface area (Å²) in [5.74, 6) is 2.71. The fraction of sp³-hybridized carbons (Fsp3) is 0.517. The van der Waals surface area contributed by atoms with Crippen LogP contribution in [-0.4, -0.2) is 24.0 Å². The third-order valence-corrected chi connectivity index (χ3v) is 10.2. The van der Waals surface area contributed by atoms with Crippen LogP contribution in [0.25, 0.3) is 0 Å². The van der Waals surface area contributed by atoms with Gasteiger partial charge in [-0.15, -0.1) is 0 Å². The van der Waals surface area contributed by atoms with Crippen molar-refractivity contribution in [3.8, 4) is 11.5 Å². The van der Waals surface area contributed by atoms with Crippen LogP contribution < -0.4 is 25.4 Å². The number of hydrogen-bond donors (Lipinski definition) is 3. The molecule has 0 unspecified atom stereocenters. The Balaban J connectivity index is 0.000000412. The predicted molar refractivity (Wildman–Crippen MR) is 286 cm³/mol. The van der Waals surface area contributed by atoms with Crippen LogP contribution in [-0.2, 0) is 33.9 Å². The van der Waals surface area contributed by atoms with E-state index in [0.717, 1.165) is 41.5 Å². The second-order valence-electron chi connectivity index (χ2n) is 19.4. The lowest BCUT2D eigenvalue weighted by molar-refractivity contribution is -0.116. The number of anilines is 3. The van der Waals surface area contributed by atoms with E-state index in [-0.39, 0.29) is 27.7 Å². The molecular formula is C58H90N4O3. The molecule has 7 heteroatoms. The number of amides is 1. The van der Waals surface area contributed by atoms with Crippen molar-refractivity contribution in [2.45, 2.75) is 192 Å². The number of fused-ring (bicyclic) bond motifs is 4. The molecular weight excluding hydrogens is 801 g/mol. The highest BCUT2D eigenvalue weighted by atomic mass is 16.7. The smallest absolute Gasteiger partial charge is 0.231 e. The standard InChI is InChI=1S/C14H19N.C13H17NO.C12H16N2.C11H14O2.4C2H6/c1-14(2,3)15-13-10-6-8-11-7-4-5-9-12(11)13;1-13(2,3)10-5-4-6-11-9(10)7-8-12(15)14-11;1-8-13-10-7-5-6-9(11(10)14-8)12(2,3)4;1-11(2,3)8-4-5-9-10(6-8)13-7-12-9;4*1-2/h4-5,7,9H,6,8,10H2,1-3H3;4-6H,7-8H2,1-3H3,(H,14,15);5-7,13-14H,1H2,2-4H3;4-6H,7H2,1-3H3;4*1-2H3. The molecule has 0 saturated heterocycles. The molecule has 8 rings (SSSR count). The lowest BCUT2D eigenvalue weighted by Gasteiger charge is -2.27. The van der Waals surface area contributed by atoms with E-state index in [9.17, 15) is 4.79 Å². The van der Waals surface area contributed by atoms with Gasteiger partial charge in [0.1, 0.15) is 5.82 Å². The topological polar surface area (TPSA) is 84.0 Å². The Hall–Kier alpha value is -5.04. The van der Waals surface area contributed by atoms with Crippen molar-refractivity contribution in [2.24, 2.45) is 4.99 Å². The van der Waals surface area contributed by atoms with E-state index in [1.54, 1.807) is 0 Å². The number of carbonyl (C=O) groups excluding carboxylic acids is 1. The molecule has 4 aliphatic rings. The van der Waals surface area contributed by atoms with Crippen LogP contribution in [0.4, 0.5) is 17.1 Å². The number of benzene rings is 4. The van der Waals surface area contributed by atoms with Crippen LogP contribution in [0, 0.1) is 0 Å². The van der Waals surface area contributed by atoms with Gasteiger partial charge in [-0.2, -0.15) is 0 Å². The van der Waals surface area contributed by atoms with Gasteiger partial charge in [-0.1, -0.05) is 179 Å². The fourth-order valence-corrected chi connectivity index (χ4v) is 7.37. The quantitative estimate of drug-likeness (QED) is 0.164. The average molecular weight is 891 g/mol. The number of carbonyl (C=O) groups is 1. The minimum absolute atomic E-state index is 0.0415. The Morgan fingerprint density at radius 2 is 1.12 bits per heavy atom. The predicted octanol–water partition coefficient (Wildman–Crippen LogP) is 16.6. The number of aliphatic imine (C=N–C) groups is 1. The minimum atomic E-state index is 0.0415. The van der Waals surface area contributed by atoms with E-state index in [0.29, 0.717) is 13.2 Å². The molecule has 7 nitrogen and oxygen atoms in total. The van der Waals surface area contributed by atoms with Crippen LogP contribution in [0.2, 0.25) is 0 Å². The lowest BCUT2D eigenvalue weighted by Crippen LogP contribution is -2.23. The van der Waals surface area contributed by atoms with Gasteiger partial charge in [0, 0.05) is 17.8 Å². The van der Waals surface area contributed by atoms with Crippen LogP contribution in [0.1, 0.15) is 191 Å². The first kappa shape index (κ1) is 58.0. The largest absolute Gasteiger partial charge is 0.454 e. The summed E-state index contributed by atoms with van der Waals surface area (Å²) in [6.45, 7) is 46.5. The number of para-hydroxylation sites is 1. The van der Waals surface area contributed by atoms with Gasteiger partial charge in [0.05, 0.1) is 16.9 Å². The summed E-state index contributed by atoms with van der Waals surface area (Å²) < 4.78 is 10.6. The Kier molecular flexibility index (Phi) is 23.9.